The first kappa shape index (κ1) is 18.3. The molecular formula is C15H21FN4O3S. The molecule has 0 bridgehead atoms. The fourth-order valence-corrected chi connectivity index (χ4v) is 3.49. The molecule has 1 heterocycles. The number of carbonyl (C=O) groups is 1. The van der Waals surface area contributed by atoms with Crippen LogP contribution in [0, 0.1) is 5.82 Å². The molecule has 7 nitrogen and oxygen atoms in total. The minimum absolute atomic E-state index is 0.0920. The molecule has 24 heavy (non-hydrogen) atoms. The monoisotopic (exact) mass is 356 g/mol. The molecule has 1 fully saturated rings. The van der Waals surface area contributed by atoms with E-state index in [-0.39, 0.29) is 25.3 Å². The Labute approximate surface area is 140 Å². The summed E-state index contributed by atoms with van der Waals surface area (Å²) in [5.74, 6) is -0.520. The number of carbonyl (C=O) groups excluding carboxylic acids is 1. The molecule has 1 aromatic carbocycles. The van der Waals surface area contributed by atoms with E-state index in [0.717, 1.165) is 0 Å². The number of halogens is 1. The first-order valence-electron chi connectivity index (χ1n) is 7.62. The fourth-order valence-electron chi connectivity index (χ4n) is 2.80. The quantitative estimate of drug-likeness (QED) is 0.845. The molecule has 2 amide bonds. The molecule has 0 spiro atoms. The Bertz CT molecular complexity index is 764. The van der Waals surface area contributed by atoms with Crippen LogP contribution in [0.15, 0.2) is 22.6 Å². The zero-order valence-electron chi connectivity index (χ0n) is 13.4. The number of nitrogens with two attached hydrogens (primary N) is 2. The van der Waals surface area contributed by atoms with Gasteiger partial charge in [0.2, 0.25) is 0 Å². The second-order valence-electron chi connectivity index (χ2n) is 5.58. The Balaban J connectivity index is 2.44. The number of nitrogens with zero attached hydrogens (tertiary/aromatic N) is 2. The van der Waals surface area contributed by atoms with Gasteiger partial charge in [-0.15, -0.1) is 0 Å². The van der Waals surface area contributed by atoms with Crippen molar-refractivity contribution in [2.45, 2.75) is 32.4 Å². The third-order valence-corrected chi connectivity index (χ3v) is 5.31. The second-order valence-corrected chi connectivity index (χ2v) is 7.50. The molecule has 1 aliphatic rings. The molecule has 1 saturated heterocycles. The summed E-state index contributed by atoms with van der Waals surface area (Å²) >= 11 is 0. The number of sulfonamides is 1. The number of likely N-dealkylation sites (tertiary alicyclic amines) is 1. The number of hydrogen-bond acceptors (Lipinski definition) is 4. The topological polar surface area (TPSA) is 119 Å². The zero-order valence-corrected chi connectivity index (χ0v) is 14.2. The first-order valence-corrected chi connectivity index (χ1v) is 9.23. The molecule has 1 aliphatic heterocycles. The van der Waals surface area contributed by atoms with Gasteiger partial charge in [0.05, 0.1) is 11.8 Å². The smallest absolute Gasteiger partial charge is 0.315 e. The SMILES string of the molecule is CCS(=O)(=O)N=C1CCN(C(N)=O)C(c2ccc(F)cc2CN)C1. The van der Waals surface area contributed by atoms with Crippen molar-refractivity contribution in [3.63, 3.8) is 0 Å². The maximum Gasteiger partial charge on any atom is 0.315 e. The van der Waals surface area contributed by atoms with Gasteiger partial charge in [0, 0.05) is 31.6 Å². The van der Waals surface area contributed by atoms with Gasteiger partial charge in [-0.3, -0.25) is 0 Å². The first-order chi connectivity index (χ1) is 11.3. The minimum atomic E-state index is -3.52. The molecule has 1 aromatic rings. The summed E-state index contributed by atoms with van der Waals surface area (Å²) < 4.78 is 40.7. The van der Waals surface area contributed by atoms with E-state index >= 15 is 0 Å². The van der Waals surface area contributed by atoms with E-state index in [9.17, 15) is 17.6 Å². The van der Waals surface area contributed by atoms with Crippen LogP contribution >= 0.6 is 0 Å². The van der Waals surface area contributed by atoms with Gasteiger partial charge in [-0.2, -0.15) is 4.40 Å². The molecular weight excluding hydrogens is 335 g/mol. The van der Waals surface area contributed by atoms with Gasteiger partial charge in [0.25, 0.3) is 10.0 Å². The van der Waals surface area contributed by atoms with E-state index < -0.39 is 27.9 Å². The number of piperidine rings is 1. The van der Waals surface area contributed by atoms with Gasteiger partial charge < -0.3 is 16.4 Å². The Morgan fingerprint density at radius 2 is 2.17 bits per heavy atom. The lowest BCUT2D eigenvalue weighted by Gasteiger charge is -2.36. The highest BCUT2D eigenvalue weighted by atomic mass is 32.2. The normalized spacial score (nSPS) is 20.4. The number of benzene rings is 1. The molecule has 2 rings (SSSR count). The average molecular weight is 356 g/mol. The van der Waals surface area contributed by atoms with E-state index in [2.05, 4.69) is 4.40 Å². The van der Waals surface area contributed by atoms with Crippen molar-refractivity contribution in [2.24, 2.45) is 15.9 Å². The van der Waals surface area contributed by atoms with Crippen LogP contribution in [-0.2, 0) is 16.6 Å². The van der Waals surface area contributed by atoms with Gasteiger partial charge in [0.1, 0.15) is 5.82 Å². The molecule has 9 heteroatoms. The van der Waals surface area contributed by atoms with E-state index in [4.69, 9.17) is 11.5 Å². The van der Waals surface area contributed by atoms with Gasteiger partial charge in [0.15, 0.2) is 0 Å². The Morgan fingerprint density at radius 3 is 2.75 bits per heavy atom. The van der Waals surface area contributed by atoms with Crippen LogP contribution in [0.5, 0.6) is 0 Å². The number of urea groups is 1. The van der Waals surface area contributed by atoms with Crippen LogP contribution < -0.4 is 11.5 Å². The van der Waals surface area contributed by atoms with Crippen LogP contribution in [0.25, 0.3) is 0 Å². The van der Waals surface area contributed by atoms with Crippen LogP contribution in [0.3, 0.4) is 0 Å². The molecule has 4 N–H and O–H groups in total. The van der Waals surface area contributed by atoms with E-state index in [1.54, 1.807) is 6.07 Å². The summed E-state index contributed by atoms with van der Waals surface area (Å²) in [6, 6.07) is 3.01. The lowest BCUT2D eigenvalue weighted by molar-refractivity contribution is 0.181. The number of amides is 2. The van der Waals surface area contributed by atoms with Crippen molar-refractivity contribution in [3.8, 4) is 0 Å². The highest BCUT2D eigenvalue weighted by molar-refractivity contribution is 7.90. The van der Waals surface area contributed by atoms with Crippen molar-refractivity contribution in [1.82, 2.24) is 4.90 Å². The van der Waals surface area contributed by atoms with E-state index in [0.29, 0.717) is 23.3 Å². The Morgan fingerprint density at radius 1 is 1.46 bits per heavy atom. The predicted molar refractivity (Wildman–Crippen MR) is 89.5 cm³/mol. The van der Waals surface area contributed by atoms with Crippen molar-refractivity contribution in [3.05, 3.63) is 35.1 Å². The average Bonchev–Trinajstić information content (AvgIpc) is 2.54. The summed E-state index contributed by atoms with van der Waals surface area (Å²) in [4.78, 5) is 13.2. The lowest BCUT2D eigenvalue weighted by atomic mass is 9.91. The van der Waals surface area contributed by atoms with Gasteiger partial charge in [-0.1, -0.05) is 6.07 Å². The highest BCUT2D eigenvalue weighted by Crippen LogP contribution is 2.32. The summed E-state index contributed by atoms with van der Waals surface area (Å²) in [6.07, 6.45) is 0.554. The minimum Gasteiger partial charge on any atom is -0.351 e. The van der Waals surface area contributed by atoms with Crippen LogP contribution in [0.1, 0.15) is 36.9 Å². The van der Waals surface area contributed by atoms with Crippen molar-refractivity contribution in [2.75, 3.05) is 12.3 Å². The van der Waals surface area contributed by atoms with Crippen LogP contribution in [0.4, 0.5) is 9.18 Å². The number of rotatable bonds is 4. The molecule has 132 valence electrons. The molecule has 1 atom stereocenters. The molecule has 1 unspecified atom stereocenters. The van der Waals surface area contributed by atoms with Crippen LogP contribution in [0.2, 0.25) is 0 Å². The Hall–Kier alpha value is -2.00. The maximum atomic E-state index is 13.4. The highest BCUT2D eigenvalue weighted by Gasteiger charge is 2.31. The lowest BCUT2D eigenvalue weighted by Crippen LogP contribution is -2.44. The predicted octanol–water partition coefficient (Wildman–Crippen LogP) is 1.29. The fraction of sp³-hybridized carbons (Fsp3) is 0.467. The van der Waals surface area contributed by atoms with Crippen molar-refractivity contribution in [1.29, 1.82) is 0 Å². The third kappa shape index (κ3) is 4.09. The molecule has 0 aromatic heterocycles. The summed E-state index contributed by atoms with van der Waals surface area (Å²) in [5, 5.41) is 0. The number of hydrogen-bond donors (Lipinski definition) is 2. The molecule has 0 saturated carbocycles. The summed E-state index contributed by atoms with van der Waals surface area (Å²) in [5.41, 5.74) is 12.8. The summed E-state index contributed by atoms with van der Waals surface area (Å²) in [7, 11) is -3.52. The van der Waals surface area contributed by atoms with Gasteiger partial charge >= 0.3 is 6.03 Å². The second kappa shape index (κ2) is 7.27. The standard InChI is InChI=1S/C15H21FN4O3S/c1-2-24(22,23)19-12-5-6-20(15(18)21)14(8-12)13-4-3-11(16)7-10(13)9-17/h3-4,7,14H,2,5-6,8-9,17H2,1H3,(H2,18,21). The largest absolute Gasteiger partial charge is 0.351 e. The van der Waals surface area contributed by atoms with E-state index in [1.807, 2.05) is 0 Å². The molecule has 0 radical (unpaired) electrons. The van der Waals surface area contributed by atoms with Crippen LogP contribution in [-0.4, -0.2) is 37.4 Å². The Kier molecular flexibility index (Phi) is 5.55. The third-order valence-electron chi connectivity index (χ3n) is 4.05. The van der Waals surface area contributed by atoms with Crippen molar-refractivity contribution < 1.29 is 17.6 Å². The van der Waals surface area contributed by atoms with Gasteiger partial charge in [-0.25, -0.2) is 17.6 Å². The van der Waals surface area contributed by atoms with Gasteiger partial charge in [-0.05, 0) is 30.2 Å². The van der Waals surface area contributed by atoms with Crippen molar-refractivity contribution >= 4 is 21.8 Å². The number of primary amides is 1. The summed E-state index contributed by atoms with van der Waals surface area (Å²) in [6.45, 7) is 1.86. The maximum absolute atomic E-state index is 13.4. The van der Waals surface area contributed by atoms with E-state index in [1.165, 1.54) is 24.0 Å². The molecule has 0 aliphatic carbocycles. The zero-order chi connectivity index (χ0) is 17.9.